The molecule has 0 N–H and O–H groups in total. The smallest absolute Gasteiger partial charge is 0.213 e. The molecule has 0 unspecified atom stereocenters. The molecule has 3 nitrogen and oxygen atoms in total. The average molecular weight is 331 g/mol. The van der Waals surface area contributed by atoms with Crippen LogP contribution in [0.15, 0.2) is 47.0 Å². The first-order valence-corrected chi connectivity index (χ1v) is 8.02. The first-order valence-electron chi connectivity index (χ1n) is 8.02. The van der Waals surface area contributed by atoms with Gasteiger partial charge in [0.05, 0.1) is 5.56 Å². The number of hydrogen-bond acceptors (Lipinski definition) is 2. The number of nitriles is 1. The lowest BCUT2D eigenvalue weighted by Gasteiger charge is -2.07. The number of rotatable bonds is 1. The van der Waals surface area contributed by atoms with E-state index in [4.69, 9.17) is 4.42 Å². The molecule has 0 spiro atoms. The number of aromatic nitrogens is 1. The van der Waals surface area contributed by atoms with Gasteiger partial charge in [0.15, 0.2) is 11.8 Å². The largest absolute Gasteiger partial charge is 0.455 e. The van der Waals surface area contributed by atoms with Crippen LogP contribution in [0.3, 0.4) is 0 Å². The number of aryl methyl sites for hydroxylation is 3. The van der Waals surface area contributed by atoms with Crippen molar-refractivity contribution < 1.29 is 13.4 Å². The van der Waals surface area contributed by atoms with Gasteiger partial charge in [0.25, 0.3) is 0 Å². The summed E-state index contributed by atoms with van der Waals surface area (Å²) in [5.41, 5.74) is 5.25. The summed E-state index contributed by atoms with van der Waals surface area (Å²) in [6, 6.07) is 13.0. The van der Waals surface area contributed by atoms with E-state index in [1.165, 1.54) is 6.07 Å². The Kier molecular flexibility index (Phi) is 3.33. The second-order valence-corrected chi connectivity index (χ2v) is 6.34. The van der Waals surface area contributed by atoms with Crippen molar-refractivity contribution in [1.29, 1.82) is 5.26 Å². The summed E-state index contributed by atoms with van der Waals surface area (Å²) in [6.45, 7) is 4.10. The highest BCUT2D eigenvalue weighted by atomic mass is 19.1. The topological polar surface area (TPSA) is 40.8 Å². The van der Waals surface area contributed by atoms with E-state index in [2.05, 4.69) is 23.6 Å². The van der Waals surface area contributed by atoms with Crippen molar-refractivity contribution in [2.75, 3.05) is 0 Å². The Hall–Kier alpha value is -3.19. The summed E-state index contributed by atoms with van der Waals surface area (Å²) in [5, 5.41) is 11.0. The SMILES string of the molecule is Cc1cc[n+](C)c(-c2c(C)ccc3oc4c(C#N)c(F)ccc4c23)c1. The maximum atomic E-state index is 14.0. The van der Waals surface area contributed by atoms with Crippen molar-refractivity contribution in [3.63, 3.8) is 0 Å². The quantitative estimate of drug-likeness (QED) is 0.474. The van der Waals surface area contributed by atoms with Gasteiger partial charge in [0.1, 0.15) is 30.1 Å². The lowest BCUT2D eigenvalue weighted by atomic mass is 9.97. The Bertz CT molecular complexity index is 1200. The molecule has 0 saturated heterocycles. The van der Waals surface area contributed by atoms with Crippen LogP contribution in [0.5, 0.6) is 0 Å². The minimum atomic E-state index is -0.562. The standard InChI is InChI=1S/C21H16FN2O/c1-12-8-9-24(3)17(10-12)19-13(2)4-7-18-20(19)14-5-6-16(22)15(11-23)21(14)25-18/h4-10H,1-3H3/q+1. The van der Waals surface area contributed by atoms with Crippen molar-refractivity contribution in [1.82, 2.24) is 0 Å². The molecule has 122 valence electrons. The maximum Gasteiger partial charge on any atom is 0.213 e. The molecule has 4 heteroatoms. The van der Waals surface area contributed by atoms with Crippen LogP contribution in [0, 0.1) is 31.0 Å². The van der Waals surface area contributed by atoms with Gasteiger partial charge in [-0.15, -0.1) is 0 Å². The molecule has 0 radical (unpaired) electrons. The minimum absolute atomic E-state index is 0.0501. The Morgan fingerprint density at radius 1 is 1.12 bits per heavy atom. The molecule has 2 aromatic heterocycles. The van der Waals surface area contributed by atoms with E-state index in [0.717, 1.165) is 33.2 Å². The van der Waals surface area contributed by atoms with E-state index in [1.807, 2.05) is 38.4 Å². The predicted molar refractivity (Wildman–Crippen MR) is 94.5 cm³/mol. The van der Waals surface area contributed by atoms with Crippen molar-refractivity contribution in [3.8, 4) is 17.3 Å². The predicted octanol–water partition coefficient (Wildman–Crippen LogP) is 4.71. The second-order valence-electron chi connectivity index (χ2n) is 6.34. The molecule has 0 amide bonds. The molecule has 2 aromatic carbocycles. The summed E-state index contributed by atoms with van der Waals surface area (Å²) in [5.74, 6) is -0.562. The molecule has 4 aromatic rings. The third-order valence-corrected chi connectivity index (χ3v) is 4.64. The van der Waals surface area contributed by atoms with Crippen LogP contribution >= 0.6 is 0 Å². The summed E-state index contributed by atoms with van der Waals surface area (Å²) >= 11 is 0. The van der Waals surface area contributed by atoms with Gasteiger partial charge in [-0.1, -0.05) is 6.07 Å². The van der Waals surface area contributed by atoms with Gasteiger partial charge in [-0.25, -0.2) is 8.96 Å². The van der Waals surface area contributed by atoms with E-state index < -0.39 is 5.82 Å². The third kappa shape index (κ3) is 2.20. The number of furan rings is 1. The highest BCUT2D eigenvalue weighted by molar-refractivity contribution is 6.13. The molecule has 0 aliphatic carbocycles. The van der Waals surface area contributed by atoms with E-state index in [9.17, 15) is 9.65 Å². The Balaban J connectivity index is 2.22. The zero-order chi connectivity index (χ0) is 17.7. The number of nitrogens with zero attached hydrogens (tertiary/aromatic N) is 2. The van der Waals surface area contributed by atoms with Crippen molar-refractivity contribution in [2.45, 2.75) is 13.8 Å². The first-order chi connectivity index (χ1) is 12.0. The lowest BCUT2D eigenvalue weighted by molar-refractivity contribution is -0.660. The molecule has 0 bridgehead atoms. The van der Waals surface area contributed by atoms with Crippen LogP contribution in [0.2, 0.25) is 0 Å². The van der Waals surface area contributed by atoms with Gasteiger partial charge >= 0.3 is 0 Å². The number of halogens is 1. The lowest BCUT2D eigenvalue weighted by Crippen LogP contribution is -2.30. The Labute approximate surface area is 144 Å². The number of fused-ring (bicyclic) bond motifs is 3. The molecule has 0 aliphatic heterocycles. The highest BCUT2D eigenvalue weighted by Crippen LogP contribution is 2.39. The summed E-state index contributed by atoms with van der Waals surface area (Å²) < 4.78 is 21.9. The molecule has 0 aliphatic rings. The average Bonchev–Trinajstić information content (AvgIpc) is 2.96. The van der Waals surface area contributed by atoms with Crippen LogP contribution < -0.4 is 4.57 Å². The van der Waals surface area contributed by atoms with Crippen molar-refractivity contribution in [2.24, 2.45) is 7.05 Å². The maximum absolute atomic E-state index is 14.0. The fourth-order valence-corrected chi connectivity index (χ4v) is 3.37. The second kappa shape index (κ2) is 5.42. The van der Waals surface area contributed by atoms with Gasteiger partial charge in [-0.2, -0.15) is 5.26 Å². The van der Waals surface area contributed by atoms with Crippen LogP contribution in [0.1, 0.15) is 16.7 Å². The summed E-state index contributed by atoms with van der Waals surface area (Å²) in [4.78, 5) is 0. The normalized spacial score (nSPS) is 11.2. The van der Waals surface area contributed by atoms with Crippen molar-refractivity contribution >= 4 is 21.9 Å². The molecule has 0 atom stereocenters. The van der Waals surface area contributed by atoms with Gasteiger partial charge in [0.2, 0.25) is 5.69 Å². The fraction of sp³-hybridized carbons (Fsp3) is 0.143. The van der Waals surface area contributed by atoms with E-state index in [0.29, 0.717) is 11.2 Å². The Morgan fingerprint density at radius 3 is 2.68 bits per heavy atom. The van der Waals surface area contributed by atoms with E-state index in [-0.39, 0.29) is 5.56 Å². The monoisotopic (exact) mass is 331 g/mol. The van der Waals surface area contributed by atoms with Gasteiger partial charge in [-0.3, -0.25) is 0 Å². The molecular formula is C21H16FN2O+. The Morgan fingerprint density at radius 2 is 1.92 bits per heavy atom. The number of benzene rings is 2. The molecule has 0 fully saturated rings. The van der Waals surface area contributed by atoms with Gasteiger partial charge < -0.3 is 4.42 Å². The zero-order valence-electron chi connectivity index (χ0n) is 14.2. The number of pyridine rings is 1. The van der Waals surface area contributed by atoms with Crippen LogP contribution in [-0.4, -0.2) is 0 Å². The molecule has 25 heavy (non-hydrogen) atoms. The van der Waals surface area contributed by atoms with Crippen LogP contribution in [0.25, 0.3) is 33.2 Å². The number of hydrogen-bond donors (Lipinski definition) is 0. The van der Waals surface area contributed by atoms with Crippen molar-refractivity contribution in [3.05, 3.63) is 65.1 Å². The zero-order valence-corrected chi connectivity index (χ0v) is 14.2. The third-order valence-electron chi connectivity index (χ3n) is 4.64. The molecule has 0 saturated carbocycles. The fourth-order valence-electron chi connectivity index (χ4n) is 3.37. The van der Waals surface area contributed by atoms with E-state index >= 15 is 0 Å². The van der Waals surface area contributed by atoms with E-state index in [1.54, 1.807) is 6.07 Å². The van der Waals surface area contributed by atoms with Crippen LogP contribution in [0.4, 0.5) is 4.39 Å². The molecule has 2 heterocycles. The van der Waals surface area contributed by atoms with Gasteiger partial charge in [-0.05, 0) is 43.2 Å². The van der Waals surface area contributed by atoms with Crippen LogP contribution in [-0.2, 0) is 7.05 Å². The first kappa shape index (κ1) is 15.3. The molecular weight excluding hydrogens is 315 g/mol. The summed E-state index contributed by atoms with van der Waals surface area (Å²) in [6.07, 6.45) is 2.02. The van der Waals surface area contributed by atoms with Gasteiger partial charge in [0, 0.05) is 22.9 Å². The minimum Gasteiger partial charge on any atom is -0.455 e. The summed E-state index contributed by atoms with van der Waals surface area (Å²) in [7, 11) is 2.00. The highest BCUT2D eigenvalue weighted by Gasteiger charge is 2.22. The molecule has 4 rings (SSSR count).